The molecule has 4 nitrogen and oxygen atoms in total. The molecule has 6 rings (SSSR count). The second-order valence-electron chi connectivity index (χ2n) is 13.4. The number of likely N-dealkylation sites (tertiary alicyclic amines) is 1. The maximum absolute atomic E-state index is 17.6. The molecule has 8 heteroatoms. The molecule has 1 aliphatic heterocycles. The first-order chi connectivity index (χ1) is 18.1. The van der Waals surface area contributed by atoms with Crippen molar-refractivity contribution in [1.82, 2.24) is 4.90 Å². The van der Waals surface area contributed by atoms with E-state index in [9.17, 15) is 23.5 Å². The van der Waals surface area contributed by atoms with E-state index in [1.165, 1.54) is 37.3 Å². The van der Waals surface area contributed by atoms with Gasteiger partial charge in [0.2, 0.25) is 0 Å². The summed E-state index contributed by atoms with van der Waals surface area (Å²) in [6, 6.07) is 3.38. The summed E-state index contributed by atoms with van der Waals surface area (Å²) < 4.78 is 61.2. The molecule has 1 aromatic rings. The van der Waals surface area contributed by atoms with Gasteiger partial charge >= 0.3 is 0 Å². The molecule has 210 valence electrons. The van der Waals surface area contributed by atoms with Crippen LogP contribution in [0, 0.1) is 45.1 Å². The summed E-state index contributed by atoms with van der Waals surface area (Å²) in [5, 5.41) is 11.7. The minimum Gasteiger partial charge on any atom is -0.390 e. The highest BCUT2D eigenvalue weighted by Gasteiger charge is 2.81. The first kappa shape index (κ1) is 26.9. The number of allylic oxidation sites excluding steroid dienone is 4. The molecule has 0 bridgehead atoms. The van der Waals surface area contributed by atoms with Gasteiger partial charge in [0, 0.05) is 37.0 Å². The zero-order chi connectivity index (χ0) is 28.3. The van der Waals surface area contributed by atoms with E-state index >= 15 is 8.78 Å². The van der Waals surface area contributed by atoms with Crippen LogP contribution in [0.5, 0.6) is 0 Å². The molecule has 1 N–H and O–H groups in total. The van der Waals surface area contributed by atoms with Gasteiger partial charge in [-0.15, -0.1) is 0 Å². The number of halogens is 4. The van der Waals surface area contributed by atoms with Crippen LogP contribution in [0.1, 0.15) is 52.5 Å². The Morgan fingerprint density at radius 1 is 1.13 bits per heavy atom. The lowest BCUT2D eigenvalue weighted by Crippen LogP contribution is -2.72. The molecular weight excluding hydrogens is 510 g/mol. The van der Waals surface area contributed by atoms with Gasteiger partial charge in [-0.05, 0) is 85.3 Å². The van der Waals surface area contributed by atoms with Crippen molar-refractivity contribution in [3.63, 3.8) is 0 Å². The third-order valence-corrected chi connectivity index (χ3v) is 11.9. The van der Waals surface area contributed by atoms with Crippen LogP contribution in [0.15, 0.2) is 42.0 Å². The highest BCUT2D eigenvalue weighted by molar-refractivity contribution is 6.01. The Labute approximate surface area is 226 Å². The fraction of sp³-hybridized carbons (Fsp3) is 0.613. The van der Waals surface area contributed by atoms with E-state index in [4.69, 9.17) is 0 Å². The molecular formula is C31H35F4NO3. The fourth-order valence-corrected chi connectivity index (χ4v) is 10.1. The number of nitrogens with zero attached hydrogens (tertiary/aromatic N) is 1. The smallest absolute Gasteiger partial charge is 0.178 e. The average Bonchev–Trinajstić information content (AvgIpc) is 3.27. The van der Waals surface area contributed by atoms with Crippen LogP contribution >= 0.6 is 0 Å². The van der Waals surface area contributed by atoms with Gasteiger partial charge in [0.1, 0.15) is 23.6 Å². The van der Waals surface area contributed by atoms with E-state index in [1.54, 1.807) is 6.92 Å². The van der Waals surface area contributed by atoms with E-state index in [-0.39, 0.29) is 36.7 Å². The van der Waals surface area contributed by atoms with E-state index in [0.717, 1.165) is 6.07 Å². The van der Waals surface area contributed by atoms with Crippen molar-refractivity contribution in [2.24, 2.45) is 33.5 Å². The number of ketones is 2. The number of carbonyl (C=O) groups excluding carboxylic acids is 2. The predicted molar refractivity (Wildman–Crippen MR) is 137 cm³/mol. The van der Waals surface area contributed by atoms with Gasteiger partial charge in [0.15, 0.2) is 11.5 Å². The van der Waals surface area contributed by atoms with Crippen molar-refractivity contribution in [2.45, 2.75) is 71.4 Å². The maximum atomic E-state index is 17.6. The minimum atomic E-state index is -2.22. The number of hydrogen-bond acceptors (Lipinski definition) is 4. The molecule has 0 spiro atoms. The van der Waals surface area contributed by atoms with Crippen molar-refractivity contribution < 1.29 is 32.3 Å². The number of alkyl halides is 2. The molecule has 9 unspecified atom stereocenters. The second-order valence-corrected chi connectivity index (χ2v) is 13.4. The Kier molecular flexibility index (Phi) is 5.60. The topological polar surface area (TPSA) is 57.6 Å². The Morgan fingerprint density at radius 3 is 2.44 bits per heavy atom. The molecule has 1 heterocycles. The molecule has 4 fully saturated rings. The fourth-order valence-electron chi connectivity index (χ4n) is 10.1. The molecule has 5 aliphatic rings. The van der Waals surface area contributed by atoms with Crippen LogP contribution < -0.4 is 0 Å². The molecule has 1 saturated heterocycles. The summed E-state index contributed by atoms with van der Waals surface area (Å²) >= 11 is 0. The summed E-state index contributed by atoms with van der Waals surface area (Å²) in [6.45, 7) is 8.05. The van der Waals surface area contributed by atoms with Crippen molar-refractivity contribution in [3.8, 4) is 0 Å². The third kappa shape index (κ3) is 3.13. The standard InChI is InChI=1S/C31H35F4NO3/c1-17(37)30-16-36(14-18-7-20(32)9-21(33)8-18)15-19(30)12-28(3)25-11-24(34)23-10-22(38)5-6-27(23,2)31(25,35)26(39)13-29(28,30)4/h5-10,19,24-26,39H,11-16H2,1-4H3. The van der Waals surface area contributed by atoms with E-state index in [2.05, 4.69) is 0 Å². The van der Waals surface area contributed by atoms with E-state index in [0.29, 0.717) is 25.1 Å². The van der Waals surface area contributed by atoms with Crippen molar-refractivity contribution in [3.05, 3.63) is 59.2 Å². The number of benzene rings is 1. The summed E-state index contributed by atoms with van der Waals surface area (Å²) in [4.78, 5) is 27.8. The SMILES string of the molecule is CC(=O)C12CN(Cc3cc(F)cc(F)c3)CC1CC1(C)C3CC(F)C4=CC(=O)C=CC4(C)C3(F)C(O)CC12C. The van der Waals surface area contributed by atoms with Crippen molar-refractivity contribution in [1.29, 1.82) is 0 Å². The first-order valence-corrected chi connectivity index (χ1v) is 13.8. The van der Waals surface area contributed by atoms with Crippen molar-refractivity contribution >= 4 is 11.6 Å². The lowest BCUT2D eigenvalue weighted by molar-refractivity contribution is -0.241. The highest BCUT2D eigenvalue weighted by atomic mass is 19.2. The minimum absolute atomic E-state index is 0.0105. The van der Waals surface area contributed by atoms with Crippen LogP contribution in [-0.2, 0) is 16.1 Å². The number of aliphatic hydroxyl groups is 1. The maximum Gasteiger partial charge on any atom is 0.178 e. The van der Waals surface area contributed by atoms with Gasteiger partial charge in [-0.2, -0.15) is 0 Å². The van der Waals surface area contributed by atoms with Crippen LogP contribution in [-0.4, -0.2) is 52.6 Å². The van der Waals surface area contributed by atoms with Crippen LogP contribution in [0.4, 0.5) is 17.6 Å². The van der Waals surface area contributed by atoms with Crippen LogP contribution in [0.25, 0.3) is 0 Å². The molecule has 1 aromatic carbocycles. The van der Waals surface area contributed by atoms with Crippen LogP contribution in [0.2, 0.25) is 0 Å². The van der Waals surface area contributed by atoms with E-state index < -0.39 is 62.9 Å². The zero-order valence-electron chi connectivity index (χ0n) is 22.7. The zero-order valence-corrected chi connectivity index (χ0v) is 22.7. The number of aliphatic hydroxyl groups excluding tert-OH is 1. The Morgan fingerprint density at radius 2 is 1.79 bits per heavy atom. The molecule has 3 saturated carbocycles. The van der Waals surface area contributed by atoms with Gasteiger partial charge in [0.25, 0.3) is 0 Å². The molecule has 9 atom stereocenters. The number of fused-ring (bicyclic) bond motifs is 7. The summed E-state index contributed by atoms with van der Waals surface area (Å²) in [6.07, 6.45) is 1.14. The summed E-state index contributed by atoms with van der Waals surface area (Å²) in [7, 11) is 0. The van der Waals surface area contributed by atoms with Crippen LogP contribution in [0.3, 0.4) is 0 Å². The normalized spacial score (nSPS) is 46.8. The molecule has 4 aliphatic carbocycles. The van der Waals surface area contributed by atoms with Gasteiger partial charge in [-0.25, -0.2) is 17.6 Å². The summed E-state index contributed by atoms with van der Waals surface area (Å²) in [5.41, 5.74) is -5.77. The largest absolute Gasteiger partial charge is 0.390 e. The van der Waals surface area contributed by atoms with Gasteiger partial charge in [-0.3, -0.25) is 14.5 Å². The average molecular weight is 546 g/mol. The lowest BCUT2D eigenvalue weighted by atomic mass is 9.38. The first-order valence-electron chi connectivity index (χ1n) is 13.8. The van der Waals surface area contributed by atoms with Gasteiger partial charge in [0.05, 0.1) is 11.5 Å². The second kappa shape index (κ2) is 8.12. The number of carbonyl (C=O) groups is 2. The lowest BCUT2D eigenvalue weighted by Gasteiger charge is -2.67. The third-order valence-electron chi connectivity index (χ3n) is 11.9. The number of hydrogen-bond donors (Lipinski definition) is 1. The number of rotatable bonds is 3. The predicted octanol–water partition coefficient (Wildman–Crippen LogP) is 5.29. The van der Waals surface area contributed by atoms with Crippen molar-refractivity contribution in [2.75, 3.05) is 13.1 Å². The van der Waals surface area contributed by atoms with E-state index in [1.807, 2.05) is 18.7 Å². The molecule has 0 radical (unpaired) electrons. The number of Topliss-reactive ketones (excluding diaryl/α,β-unsaturated/α-hetero) is 1. The van der Waals surface area contributed by atoms with Gasteiger partial charge in [-0.1, -0.05) is 19.9 Å². The quantitative estimate of drug-likeness (QED) is 0.525. The van der Waals surface area contributed by atoms with Gasteiger partial charge < -0.3 is 5.11 Å². The molecule has 0 aromatic heterocycles. The highest BCUT2D eigenvalue weighted by Crippen LogP contribution is 2.79. The summed E-state index contributed by atoms with van der Waals surface area (Å²) in [5.74, 6) is -2.87. The Balaban J connectivity index is 1.42. The Hall–Kier alpha value is -2.32. The monoisotopic (exact) mass is 545 g/mol. The Bertz CT molecular complexity index is 1320. The molecule has 39 heavy (non-hydrogen) atoms. The molecule has 0 amide bonds.